The van der Waals surface area contributed by atoms with Gasteiger partial charge in [-0.15, -0.1) is 0 Å². The van der Waals surface area contributed by atoms with Gasteiger partial charge in [-0.25, -0.2) is 4.79 Å². The van der Waals surface area contributed by atoms with Gasteiger partial charge in [0, 0.05) is 24.5 Å². The van der Waals surface area contributed by atoms with Gasteiger partial charge in [0.25, 0.3) is 0 Å². The van der Waals surface area contributed by atoms with E-state index in [0.717, 1.165) is 5.56 Å². The summed E-state index contributed by atoms with van der Waals surface area (Å²) in [5, 5.41) is 6.13. The fourth-order valence-electron chi connectivity index (χ4n) is 1.87. The van der Waals surface area contributed by atoms with Gasteiger partial charge in [-0.3, -0.25) is 14.9 Å². The van der Waals surface area contributed by atoms with Crippen molar-refractivity contribution in [2.24, 2.45) is 4.99 Å². The average Bonchev–Trinajstić information content (AvgIpc) is 2.84. The minimum absolute atomic E-state index is 0.118. The molecular weight excluding hydrogens is 254 g/mol. The molecule has 2 heterocycles. The normalized spacial score (nSPS) is 14.9. The summed E-state index contributed by atoms with van der Waals surface area (Å²) in [6.07, 6.45) is 3.53. The van der Waals surface area contributed by atoms with Crippen LogP contribution in [0.3, 0.4) is 0 Å². The lowest BCUT2D eigenvalue weighted by atomic mass is 10.1. The van der Waals surface area contributed by atoms with Crippen molar-refractivity contribution in [2.75, 3.05) is 13.1 Å². The SMILES string of the molecule is CC(C)(C)NC(=O)N1CCN=C1NCc1cccnc1. The molecule has 1 aliphatic rings. The van der Waals surface area contributed by atoms with Gasteiger partial charge < -0.3 is 10.6 Å². The number of aromatic nitrogens is 1. The molecule has 1 aromatic rings. The summed E-state index contributed by atoms with van der Waals surface area (Å²) >= 11 is 0. The first kappa shape index (κ1) is 14.3. The van der Waals surface area contributed by atoms with Crippen LogP contribution >= 0.6 is 0 Å². The molecule has 0 aromatic carbocycles. The van der Waals surface area contributed by atoms with Crippen LogP contribution in [0, 0.1) is 0 Å². The number of rotatable bonds is 2. The number of nitrogens with one attached hydrogen (secondary N) is 2. The first-order valence-corrected chi connectivity index (χ1v) is 6.72. The zero-order valence-corrected chi connectivity index (χ0v) is 12.2. The number of hydrogen-bond donors (Lipinski definition) is 2. The third-order valence-corrected chi connectivity index (χ3v) is 2.74. The highest BCUT2D eigenvalue weighted by atomic mass is 16.2. The molecule has 0 bridgehead atoms. The number of amides is 2. The summed E-state index contributed by atoms with van der Waals surface area (Å²) in [7, 11) is 0. The molecule has 0 unspecified atom stereocenters. The Hall–Kier alpha value is -2.11. The van der Waals surface area contributed by atoms with Gasteiger partial charge >= 0.3 is 6.03 Å². The number of hydrogen-bond acceptors (Lipinski definition) is 4. The average molecular weight is 275 g/mol. The Morgan fingerprint density at radius 2 is 2.25 bits per heavy atom. The van der Waals surface area contributed by atoms with Gasteiger partial charge in [-0.2, -0.15) is 0 Å². The zero-order chi connectivity index (χ0) is 14.6. The first-order valence-electron chi connectivity index (χ1n) is 6.72. The van der Waals surface area contributed by atoms with E-state index in [-0.39, 0.29) is 11.6 Å². The monoisotopic (exact) mass is 275 g/mol. The van der Waals surface area contributed by atoms with Crippen LogP contribution in [0.2, 0.25) is 0 Å². The maximum absolute atomic E-state index is 12.2. The number of carbonyl (C=O) groups excluding carboxylic acids is 1. The van der Waals surface area contributed by atoms with Crippen LogP contribution in [0.5, 0.6) is 0 Å². The number of urea groups is 1. The van der Waals surface area contributed by atoms with Gasteiger partial charge in [0.1, 0.15) is 0 Å². The lowest BCUT2D eigenvalue weighted by Crippen LogP contribution is -2.52. The second-order valence-electron chi connectivity index (χ2n) is 5.75. The smallest absolute Gasteiger partial charge is 0.324 e. The van der Waals surface area contributed by atoms with Crippen LogP contribution in [-0.2, 0) is 6.54 Å². The van der Waals surface area contributed by atoms with Crippen molar-refractivity contribution in [3.63, 3.8) is 0 Å². The number of nitrogens with zero attached hydrogens (tertiary/aromatic N) is 3. The van der Waals surface area contributed by atoms with E-state index in [1.54, 1.807) is 17.3 Å². The van der Waals surface area contributed by atoms with Gasteiger partial charge in [-0.05, 0) is 32.4 Å². The molecule has 20 heavy (non-hydrogen) atoms. The minimum atomic E-state index is -0.256. The number of pyridine rings is 1. The van der Waals surface area contributed by atoms with Crippen LogP contribution in [-0.4, -0.2) is 40.5 Å². The summed E-state index contributed by atoms with van der Waals surface area (Å²) in [6.45, 7) is 7.72. The van der Waals surface area contributed by atoms with E-state index >= 15 is 0 Å². The van der Waals surface area contributed by atoms with Gasteiger partial charge in [0.2, 0.25) is 5.96 Å². The van der Waals surface area contributed by atoms with Gasteiger partial charge in [0.15, 0.2) is 0 Å². The van der Waals surface area contributed by atoms with Crippen molar-refractivity contribution < 1.29 is 4.79 Å². The molecule has 1 aliphatic heterocycles. The van der Waals surface area contributed by atoms with Crippen molar-refractivity contribution in [1.82, 2.24) is 20.5 Å². The lowest BCUT2D eigenvalue weighted by molar-refractivity contribution is 0.213. The fraction of sp³-hybridized carbons (Fsp3) is 0.500. The summed E-state index contributed by atoms with van der Waals surface area (Å²) in [6, 6.07) is 3.75. The molecule has 0 atom stereocenters. The van der Waals surface area contributed by atoms with Crippen LogP contribution in [0.25, 0.3) is 0 Å². The minimum Gasteiger partial charge on any atom is -0.352 e. The number of aliphatic imine (C=N–C) groups is 1. The van der Waals surface area contributed by atoms with Crippen LogP contribution < -0.4 is 10.6 Å². The number of guanidine groups is 1. The van der Waals surface area contributed by atoms with Crippen molar-refractivity contribution in [3.8, 4) is 0 Å². The molecule has 0 saturated carbocycles. The second kappa shape index (κ2) is 5.90. The van der Waals surface area contributed by atoms with E-state index in [4.69, 9.17) is 0 Å². The van der Waals surface area contributed by atoms with E-state index < -0.39 is 0 Å². The first-order chi connectivity index (χ1) is 9.46. The predicted molar refractivity (Wildman–Crippen MR) is 78.4 cm³/mol. The Kier molecular flexibility index (Phi) is 4.22. The van der Waals surface area contributed by atoms with E-state index in [2.05, 4.69) is 20.6 Å². The molecule has 6 nitrogen and oxygen atoms in total. The molecule has 0 aliphatic carbocycles. The van der Waals surface area contributed by atoms with E-state index in [0.29, 0.717) is 25.6 Å². The third-order valence-electron chi connectivity index (χ3n) is 2.74. The molecular formula is C14H21N5O. The summed E-state index contributed by atoms with van der Waals surface area (Å²) in [4.78, 5) is 22.2. The summed E-state index contributed by atoms with van der Waals surface area (Å²) in [5.74, 6) is 0.621. The van der Waals surface area contributed by atoms with Crippen molar-refractivity contribution in [1.29, 1.82) is 0 Å². The standard InChI is InChI=1S/C14H21N5O/c1-14(2,3)18-13(20)19-8-7-16-12(19)17-10-11-5-4-6-15-9-11/h4-6,9H,7-8,10H2,1-3H3,(H,16,17)(H,18,20). The van der Waals surface area contributed by atoms with Crippen LogP contribution in [0.4, 0.5) is 4.79 Å². The van der Waals surface area contributed by atoms with E-state index in [1.807, 2.05) is 32.9 Å². The van der Waals surface area contributed by atoms with Crippen molar-refractivity contribution in [2.45, 2.75) is 32.9 Å². The molecule has 2 amide bonds. The highest BCUT2D eigenvalue weighted by Crippen LogP contribution is 2.06. The molecule has 2 N–H and O–H groups in total. The van der Waals surface area contributed by atoms with Crippen molar-refractivity contribution >= 4 is 12.0 Å². The Morgan fingerprint density at radius 1 is 1.45 bits per heavy atom. The topological polar surface area (TPSA) is 69.6 Å². The molecule has 0 radical (unpaired) electrons. The summed E-state index contributed by atoms with van der Waals surface area (Å²) < 4.78 is 0. The second-order valence-corrected chi connectivity index (χ2v) is 5.75. The molecule has 0 saturated heterocycles. The van der Waals surface area contributed by atoms with E-state index in [9.17, 15) is 4.79 Å². The largest absolute Gasteiger partial charge is 0.352 e. The Balaban J connectivity index is 1.92. The highest BCUT2D eigenvalue weighted by Gasteiger charge is 2.26. The maximum atomic E-state index is 12.2. The fourth-order valence-corrected chi connectivity index (χ4v) is 1.87. The molecule has 0 spiro atoms. The van der Waals surface area contributed by atoms with Crippen molar-refractivity contribution in [3.05, 3.63) is 30.1 Å². The predicted octanol–water partition coefficient (Wildman–Crippen LogP) is 1.35. The number of carbonyl (C=O) groups is 1. The molecule has 108 valence electrons. The third kappa shape index (κ3) is 3.94. The van der Waals surface area contributed by atoms with Gasteiger partial charge in [-0.1, -0.05) is 6.07 Å². The highest BCUT2D eigenvalue weighted by molar-refractivity contribution is 5.97. The summed E-state index contributed by atoms with van der Waals surface area (Å²) in [5.41, 5.74) is 0.798. The Morgan fingerprint density at radius 3 is 2.90 bits per heavy atom. The lowest BCUT2D eigenvalue weighted by Gasteiger charge is -2.26. The van der Waals surface area contributed by atoms with Gasteiger partial charge in [0.05, 0.1) is 13.1 Å². The Labute approximate surface area is 119 Å². The quantitative estimate of drug-likeness (QED) is 0.856. The maximum Gasteiger partial charge on any atom is 0.324 e. The molecule has 1 aromatic heterocycles. The molecule has 0 fully saturated rings. The van der Waals surface area contributed by atoms with E-state index in [1.165, 1.54) is 0 Å². The Bertz CT molecular complexity index is 492. The van der Waals surface area contributed by atoms with Crippen LogP contribution in [0.1, 0.15) is 26.3 Å². The molecule has 2 rings (SSSR count). The zero-order valence-electron chi connectivity index (χ0n) is 12.2. The molecule has 6 heteroatoms. The van der Waals surface area contributed by atoms with Crippen LogP contribution in [0.15, 0.2) is 29.5 Å².